The maximum Gasteiger partial charge on any atom is 0.308 e. The predicted octanol–water partition coefficient (Wildman–Crippen LogP) is 5.10. The minimum absolute atomic E-state index is 0.00606. The van der Waals surface area contributed by atoms with Crippen LogP contribution in [0.1, 0.15) is 31.0 Å². The zero-order valence-electron chi connectivity index (χ0n) is 21.3. The Labute approximate surface area is 220 Å². The largest absolute Gasteiger partial charge is 0.495 e. The summed E-state index contributed by atoms with van der Waals surface area (Å²) in [6, 6.07) is 16.8. The predicted molar refractivity (Wildman–Crippen MR) is 149 cm³/mol. The summed E-state index contributed by atoms with van der Waals surface area (Å²) in [6.45, 7) is 7.10. The zero-order chi connectivity index (χ0) is 26.9. The minimum atomic E-state index is -4.10. The Morgan fingerprint density at radius 1 is 1.03 bits per heavy atom. The minimum Gasteiger partial charge on any atom is -0.495 e. The van der Waals surface area contributed by atoms with Crippen molar-refractivity contribution < 1.29 is 17.9 Å². The van der Waals surface area contributed by atoms with Gasteiger partial charge in [-0.15, -0.1) is 0 Å². The van der Waals surface area contributed by atoms with Gasteiger partial charge >= 0.3 is 4.87 Å². The molecule has 0 aliphatic heterocycles. The van der Waals surface area contributed by atoms with Gasteiger partial charge in [0.05, 0.1) is 27.9 Å². The molecule has 0 saturated heterocycles. The molecule has 4 aromatic rings. The second-order valence-corrected chi connectivity index (χ2v) is 11.9. The van der Waals surface area contributed by atoms with Crippen LogP contribution in [0.4, 0.5) is 11.4 Å². The number of methoxy groups -OCH3 is 1. The van der Waals surface area contributed by atoms with E-state index in [1.165, 1.54) is 19.2 Å². The van der Waals surface area contributed by atoms with E-state index in [4.69, 9.17) is 4.74 Å². The van der Waals surface area contributed by atoms with Crippen molar-refractivity contribution in [3.05, 3.63) is 81.5 Å². The van der Waals surface area contributed by atoms with Crippen molar-refractivity contribution in [2.45, 2.75) is 38.6 Å². The number of thiazole rings is 1. The molecule has 0 bridgehead atoms. The Morgan fingerprint density at radius 2 is 1.70 bits per heavy atom. The lowest BCUT2D eigenvalue weighted by Crippen LogP contribution is -2.38. The number of nitrogens with zero attached hydrogens (tertiary/aromatic N) is 2. The van der Waals surface area contributed by atoms with Crippen LogP contribution in [0.25, 0.3) is 10.2 Å². The monoisotopic (exact) mass is 539 g/mol. The van der Waals surface area contributed by atoms with Gasteiger partial charge in [-0.05, 0) is 75.7 Å². The van der Waals surface area contributed by atoms with Gasteiger partial charge in [-0.25, -0.2) is 8.42 Å². The number of amides is 1. The number of aromatic nitrogens is 1. The molecular weight excluding hydrogens is 510 g/mol. The van der Waals surface area contributed by atoms with Crippen molar-refractivity contribution in [1.29, 1.82) is 0 Å². The number of aryl methyl sites for hydroxylation is 2. The van der Waals surface area contributed by atoms with E-state index in [-0.39, 0.29) is 21.5 Å². The number of ether oxygens (including phenoxy) is 1. The molecular formula is C27H29N3O5S2. The number of hydrogen-bond acceptors (Lipinski definition) is 6. The highest BCUT2D eigenvalue weighted by atomic mass is 32.2. The maximum atomic E-state index is 13.7. The molecule has 1 amide bonds. The summed E-state index contributed by atoms with van der Waals surface area (Å²) in [6.07, 6.45) is 0. The summed E-state index contributed by atoms with van der Waals surface area (Å²) >= 11 is 1.10. The number of benzene rings is 3. The van der Waals surface area contributed by atoms with Crippen molar-refractivity contribution in [3.63, 3.8) is 0 Å². The topological polar surface area (TPSA) is 97.7 Å². The van der Waals surface area contributed by atoms with E-state index in [0.29, 0.717) is 11.4 Å². The smallest absolute Gasteiger partial charge is 0.308 e. The van der Waals surface area contributed by atoms with Crippen LogP contribution in [0, 0.1) is 13.8 Å². The molecule has 194 valence electrons. The van der Waals surface area contributed by atoms with Crippen LogP contribution in [-0.2, 0) is 14.8 Å². The fraction of sp³-hybridized carbons (Fsp3) is 0.259. The number of carbonyl (C=O) groups is 1. The van der Waals surface area contributed by atoms with Crippen molar-refractivity contribution >= 4 is 48.9 Å². The summed E-state index contributed by atoms with van der Waals surface area (Å²) in [5, 5.41) is 2.79. The first-order valence-corrected chi connectivity index (χ1v) is 14.0. The first-order chi connectivity index (χ1) is 17.5. The number of rotatable bonds is 8. The van der Waals surface area contributed by atoms with Crippen LogP contribution in [0.15, 0.2) is 70.4 Å². The van der Waals surface area contributed by atoms with Crippen LogP contribution < -0.4 is 19.2 Å². The molecule has 1 aromatic heterocycles. The number of anilines is 2. The molecule has 4 rings (SSSR count). The molecule has 37 heavy (non-hydrogen) atoms. The van der Waals surface area contributed by atoms with Gasteiger partial charge in [-0.3, -0.25) is 18.5 Å². The van der Waals surface area contributed by atoms with Crippen LogP contribution in [0.3, 0.4) is 0 Å². The molecule has 0 radical (unpaired) electrons. The molecule has 0 atom stereocenters. The Bertz CT molecular complexity index is 1620. The molecule has 10 heteroatoms. The number of carbonyl (C=O) groups excluding carboxylic acids is 1. The number of hydrogen-bond donors (Lipinski definition) is 1. The van der Waals surface area contributed by atoms with Gasteiger partial charge in [0, 0.05) is 11.7 Å². The Kier molecular flexibility index (Phi) is 7.42. The standard InChI is InChI=1S/C27H29N3O5S2/c1-17(2)30-22-12-9-20(15-25(22)36-27(30)32)28-26(31)16-29(23-14-19(4)8-13-24(23)35-5)37(33,34)21-10-6-18(3)7-11-21/h6-15,17H,16H2,1-5H3,(H,28,31). The summed E-state index contributed by atoms with van der Waals surface area (Å²) in [4.78, 5) is 25.6. The highest BCUT2D eigenvalue weighted by Gasteiger charge is 2.29. The van der Waals surface area contributed by atoms with E-state index < -0.39 is 22.5 Å². The van der Waals surface area contributed by atoms with Gasteiger partial charge in [0.15, 0.2) is 0 Å². The first kappa shape index (κ1) is 26.4. The molecule has 0 unspecified atom stereocenters. The Morgan fingerprint density at radius 3 is 2.35 bits per heavy atom. The average Bonchev–Trinajstić information content (AvgIpc) is 3.17. The molecule has 3 aromatic carbocycles. The molecule has 0 spiro atoms. The first-order valence-electron chi connectivity index (χ1n) is 11.7. The SMILES string of the molecule is COc1ccc(C)cc1N(CC(=O)Nc1ccc2c(c1)sc(=O)n2C(C)C)S(=O)(=O)c1ccc(C)cc1. The molecule has 0 saturated carbocycles. The lowest BCUT2D eigenvalue weighted by Gasteiger charge is -2.26. The van der Waals surface area contributed by atoms with Crippen molar-refractivity contribution in [2.24, 2.45) is 0 Å². The van der Waals surface area contributed by atoms with E-state index in [9.17, 15) is 18.0 Å². The molecule has 0 fully saturated rings. The lowest BCUT2D eigenvalue weighted by molar-refractivity contribution is -0.114. The van der Waals surface area contributed by atoms with Gasteiger partial charge < -0.3 is 10.1 Å². The third kappa shape index (κ3) is 5.40. The highest BCUT2D eigenvalue weighted by molar-refractivity contribution is 7.92. The van der Waals surface area contributed by atoms with Gasteiger partial charge in [0.2, 0.25) is 5.91 Å². The average molecular weight is 540 g/mol. The van der Waals surface area contributed by atoms with Gasteiger partial charge in [0.1, 0.15) is 12.3 Å². The van der Waals surface area contributed by atoms with Crippen LogP contribution >= 0.6 is 11.3 Å². The highest BCUT2D eigenvalue weighted by Crippen LogP contribution is 2.33. The van der Waals surface area contributed by atoms with E-state index in [1.807, 2.05) is 33.8 Å². The van der Waals surface area contributed by atoms with Crippen LogP contribution in [0.2, 0.25) is 0 Å². The molecule has 1 heterocycles. The van der Waals surface area contributed by atoms with Crippen molar-refractivity contribution in [3.8, 4) is 5.75 Å². The summed E-state index contributed by atoms with van der Waals surface area (Å²) in [7, 11) is -2.65. The van der Waals surface area contributed by atoms with Gasteiger partial charge in [-0.2, -0.15) is 0 Å². The van der Waals surface area contributed by atoms with E-state index in [0.717, 1.165) is 37.0 Å². The molecule has 1 N–H and O–H groups in total. The second kappa shape index (κ2) is 10.4. The van der Waals surface area contributed by atoms with Crippen LogP contribution in [-0.4, -0.2) is 32.5 Å². The Balaban J connectivity index is 1.70. The molecule has 0 aliphatic rings. The summed E-state index contributed by atoms with van der Waals surface area (Å²) in [5.74, 6) is -0.204. The van der Waals surface area contributed by atoms with Crippen molar-refractivity contribution in [1.82, 2.24) is 4.57 Å². The second-order valence-electron chi connectivity index (χ2n) is 9.06. The van der Waals surface area contributed by atoms with E-state index in [1.54, 1.807) is 47.0 Å². The number of nitrogens with one attached hydrogen (secondary N) is 1. The van der Waals surface area contributed by atoms with E-state index >= 15 is 0 Å². The van der Waals surface area contributed by atoms with Crippen LogP contribution in [0.5, 0.6) is 5.75 Å². The third-order valence-corrected chi connectivity index (χ3v) is 8.60. The number of fused-ring (bicyclic) bond motifs is 1. The quantitative estimate of drug-likeness (QED) is 0.336. The Hall–Kier alpha value is -3.63. The van der Waals surface area contributed by atoms with E-state index in [2.05, 4.69) is 5.32 Å². The zero-order valence-corrected chi connectivity index (χ0v) is 22.9. The molecule has 8 nitrogen and oxygen atoms in total. The normalized spacial score (nSPS) is 11.6. The summed E-state index contributed by atoms with van der Waals surface area (Å²) in [5.41, 5.74) is 3.26. The number of sulfonamides is 1. The van der Waals surface area contributed by atoms with Crippen molar-refractivity contribution in [2.75, 3.05) is 23.3 Å². The fourth-order valence-corrected chi connectivity index (χ4v) is 6.54. The maximum absolute atomic E-state index is 13.7. The van der Waals surface area contributed by atoms with Gasteiger partial charge in [0.25, 0.3) is 10.0 Å². The summed E-state index contributed by atoms with van der Waals surface area (Å²) < 4.78 is 36.4. The lowest BCUT2D eigenvalue weighted by atomic mass is 10.2. The third-order valence-electron chi connectivity index (χ3n) is 5.91. The molecule has 0 aliphatic carbocycles. The van der Waals surface area contributed by atoms with Gasteiger partial charge in [-0.1, -0.05) is 35.1 Å². The fourth-order valence-electron chi connectivity index (χ4n) is 4.07.